The maximum atomic E-state index is 11.2. The number of hydrogen-bond acceptors (Lipinski definition) is 4. The Morgan fingerprint density at radius 3 is 2.39 bits per heavy atom. The Morgan fingerprint density at radius 1 is 1.03 bits per heavy atom. The minimum Gasteiger partial charge on any atom is -0.376 e. The average molecular weight is 416 g/mol. The minimum absolute atomic E-state index is 0.294. The van der Waals surface area contributed by atoms with Gasteiger partial charge in [-0.05, 0) is 55.5 Å². The third kappa shape index (κ3) is 4.22. The number of pyridine rings is 1. The van der Waals surface area contributed by atoms with Gasteiger partial charge in [0.05, 0.1) is 5.69 Å². The second-order valence-electron chi connectivity index (χ2n) is 9.91. The fourth-order valence-corrected chi connectivity index (χ4v) is 5.38. The van der Waals surface area contributed by atoms with Crippen LogP contribution in [0.15, 0.2) is 42.5 Å². The topological polar surface area (TPSA) is 39.6 Å². The summed E-state index contributed by atoms with van der Waals surface area (Å²) in [5.74, 6) is 9.36. The van der Waals surface area contributed by atoms with E-state index in [1.165, 1.54) is 5.56 Å². The predicted octanol–water partition coefficient (Wildman–Crippen LogP) is 3.57. The van der Waals surface area contributed by atoms with Gasteiger partial charge in [0, 0.05) is 37.5 Å². The van der Waals surface area contributed by atoms with Crippen molar-refractivity contribution in [3.8, 4) is 11.8 Å². The SMILES string of the molecule is C[C@@H]1CN(c2ccc(C#C[C@@]3(O)CN4CCC3CC4)c(Cc3ccccc3)n2)C[C@@H]1C. The van der Waals surface area contributed by atoms with Gasteiger partial charge in [-0.3, -0.25) is 4.90 Å². The zero-order chi connectivity index (χ0) is 21.4. The first-order valence-corrected chi connectivity index (χ1v) is 11.8. The summed E-state index contributed by atoms with van der Waals surface area (Å²) in [6.07, 6.45) is 2.85. The van der Waals surface area contributed by atoms with Crippen LogP contribution in [0.3, 0.4) is 0 Å². The first-order valence-electron chi connectivity index (χ1n) is 11.8. The summed E-state index contributed by atoms with van der Waals surface area (Å²) in [5.41, 5.74) is 2.30. The molecule has 4 fully saturated rings. The third-order valence-electron chi connectivity index (χ3n) is 7.63. The van der Waals surface area contributed by atoms with E-state index in [4.69, 9.17) is 4.98 Å². The molecule has 0 unspecified atom stereocenters. The molecule has 0 amide bonds. The molecule has 4 heteroatoms. The van der Waals surface area contributed by atoms with Crippen LogP contribution >= 0.6 is 0 Å². The molecule has 1 N–H and O–H groups in total. The highest BCUT2D eigenvalue weighted by molar-refractivity contribution is 5.50. The van der Waals surface area contributed by atoms with Crippen LogP contribution in [-0.2, 0) is 6.42 Å². The molecule has 0 radical (unpaired) electrons. The van der Waals surface area contributed by atoms with Crippen LogP contribution in [0.25, 0.3) is 0 Å². The van der Waals surface area contributed by atoms with Gasteiger partial charge >= 0.3 is 0 Å². The number of nitrogens with zero attached hydrogens (tertiary/aromatic N) is 3. The zero-order valence-corrected chi connectivity index (χ0v) is 18.7. The maximum absolute atomic E-state index is 11.2. The summed E-state index contributed by atoms with van der Waals surface area (Å²) in [7, 11) is 0. The molecule has 0 saturated carbocycles. The Kier molecular flexibility index (Phi) is 5.50. The van der Waals surface area contributed by atoms with Crippen molar-refractivity contribution >= 4 is 5.82 Å². The number of rotatable bonds is 3. The largest absolute Gasteiger partial charge is 0.376 e. The van der Waals surface area contributed by atoms with Gasteiger partial charge in [-0.1, -0.05) is 56.0 Å². The molecule has 2 bridgehead atoms. The molecule has 6 rings (SSSR count). The smallest absolute Gasteiger partial charge is 0.141 e. The lowest BCUT2D eigenvalue weighted by molar-refractivity contribution is -0.0713. The monoisotopic (exact) mass is 415 g/mol. The lowest BCUT2D eigenvalue weighted by Crippen LogP contribution is -2.58. The Morgan fingerprint density at radius 2 is 1.74 bits per heavy atom. The number of piperidine rings is 3. The van der Waals surface area contributed by atoms with E-state index in [0.29, 0.717) is 24.3 Å². The molecule has 2 aromatic rings. The second-order valence-corrected chi connectivity index (χ2v) is 9.91. The molecule has 1 aromatic heterocycles. The summed E-state index contributed by atoms with van der Waals surface area (Å²) in [5, 5.41) is 11.2. The van der Waals surface area contributed by atoms with Gasteiger partial charge in [0.1, 0.15) is 11.4 Å². The molecule has 3 atom stereocenters. The van der Waals surface area contributed by atoms with Gasteiger partial charge in [-0.25, -0.2) is 4.98 Å². The van der Waals surface area contributed by atoms with E-state index in [1.54, 1.807) is 0 Å². The molecule has 4 aliphatic rings. The number of benzene rings is 1. The first-order chi connectivity index (χ1) is 15.0. The van der Waals surface area contributed by atoms with Gasteiger partial charge in [-0.15, -0.1) is 0 Å². The first kappa shape index (κ1) is 20.5. The van der Waals surface area contributed by atoms with Crippen LogP contribution in [0, 0.1) is 29.6 Å². The molecule has 31 heavy (non-hydrogen) atoms. The summed E-state index contributed by atoms with van der Waals surface area (Å²) < 4.78 is 0. The van der Waals surface area contributed by atoms with Crippen molar-refractivity contribution in [1.29, 1.82) is 0 Å². The van der Waals surface area contributed by atoms with Crippen LogP contribution in [0.5, 0.6) is 0 Å². The molecule has 1 aromatic carbocycles. The van der Waals surface area contributed by atoms with Crippen molar-refractivity contribution in [2.24, 2.45) is 17.8 Å². The van der Waals surface area contributed by atoms with E-state index < -0.39 is 5.60 Å². The van der Waals surface area contributed by atoms with Gasteiger partial charge in [0.15, 0.2) is 0 Å². The average Bonchev–Trinajstić information content (AvgIpc) is 3.12. The quantitative estimate of drug-likeness (QED) is 0.778. The fourth-order valence-electron chi connectivity index (χ4n) is 5.38. The van der Waals surface area contributed by atoms with Crippen molar-refractivity contribution in [2.75, 3.05) is 37.6 Å². The molecule has 4 saturated heterocycles. The van der Waals surface area contributed by atoms with Crippen molar-refractivity contribution < 1.29 is 5.11 Å². The van der Waals surface area contributed by atoms with E-state index >= 15 is 0 Å². The standard InChI is InChI=1S/C27H33N3O/c1-20-17-30(18-21(20)2)26-9-8-23(25(28-26)16-22-6-4-3-5-7-22)10-13-27(31)19-29-14-11-24(27)12-15-29/h3-9,20-21,24,31H,11-12,14-19H2,1-2H3/t20-,21+,27-/m1/s1. The van der Waals surface area contributed by atoms with E-state index in [9.17, 15) is 5.11 Å². The summed E-state index contributed by atoms with van der Waals surface area (Å²) in [4.78, 5) is 9.83. The Hall–Kier alpha value is -2.35. The molecular formula is C27H33N3O. The van der Waals surface area contributed by atoms with Crippen molar-refractivity contribution in [2.45, 2.75) is 38.7 Å². The normalized spacial score (nSPS) is 32.0. The van der Waals surface area contributed by atoms with Crippen LogP contribution in [0.4, 0.5) is 5.82 Å². The molecule has 0 spiro atoms. The van der Waals surface area contributed by atoms with E-state index in [1.807, 2.05) is 6.07 Å². The molecular weight excluding hydrogens is 382 g/mol. The predicted molar refractivity (Wildman–Crippen MR) is 125 cm³/mol. The molecule has 0 aliphatic carbocycles. The molecule has 4 nitrogen and oxygen atoms in total. The summed E-state index contributed by atoms with van der Waals surface area (Å²) in [6, 6.07) is 14.7. The lowest BCUT2D eigenvalue weighted by Gasteiger charge is -2.47. The van der Waals surface area contributed by atoms with Crippen LogP contribution in [0.1, 0.15) is 43.5 Å². The second kappa shape index (κ2) is 8.30. The van der Waals surface area contributed by atoms with Gasteiger partial charge in [0.25, 0.3) is 0 Å². The molecule has 4 aliphatic heterocycles. The minimum atomic E-state index is -0.890. The summed E-state index contributed by atoms with van der Waals surface area (Å²) >= 11 is 0. The van der Waals surface area contributed by atoms with Crippen molar-refractivity contribution in [1.82, 2.24) is 9.88 Å². The fraction of sp³-hybridized carbons (Fsp3) is 0.519. The number of hydrogen-bond donors (Lipinski definition) is 1. The molecule has 5 heterocycles. The Bertz CT molecular complexity index is 977. The Labute approximate surface area is 186 Å². The highest BCUT2D eigenvalue weighted by Crippen LogP contribution is 2.35. The van der Waals surface area contributed by atoms with E-state index in [2.05, 4.69) is 71.9 Å². The number of anilines is 1. The van der Waals surface area contributed by atoms with Crippen LogP contribution < -0.4 is 4.90 Å². The van der Waals surface area contributed by atoms with Gasteiger partial charge < -0.3 is 10.0 Å². The van der Waals surface area contributed by atoms with Gasteiger partial charge in [0.2, 0.25) is 0 Å². The van der Waals surface area contributed by atoms with Crippen molar-refractivity contribution in [3.63, 3.8) is 0 Å². The maximum Gasteiger partial charge on any atom is 0.141 e. The third-order valence-corrected chi connectivity index (χ3v) is 7.63. The van der Waals surface area contributed by atoms with E-state index in [-0.39, 0.29) is 0 Å². The number of fused-ring (bicyclic) bond motifs is 3. The Balaban J connectivity index is 1.46. The van der Waals surface area contributed by atoms with Crippen LogP contribution in [0.2, 0.25) is 0 Å². The lowest BCUT2D eigenvalue weighted by atomic mass is 9.75. The summed E-state index contributed by atoms with van der Waals surface area (Å²) in [6.45, 7) is 9.62. The number of aliphatic hydroxyl groups is 1. The van der Waals surface area contributed by atoms with Gasteiger partial charge in [-0.2, -0.15) is 0 Å². The highest BCUT2D eigenvalue weighted by Gasteiger charge is 2.44. The number of aromatic nitrogens is 1. The molecule has 162 valence electrons. The zero-order valence-electron chi connectivity index (χ0n) is 18.7. The van der Waals surface area contributed by atoms with E-state index in [0.717, 1.165) is 62.5 Å². The van der Waals surface area contributed by atoms with Crippen molar-refractivity contribution in [3.05, 3.63) is 59.3 Å². The van der Waals surface area contributed by atoms with Crippen LogP contribution in [-0.4, -0.2) is 53.3 Å². The highest BCUT2D eigenvalue weighted by atomic mass is 16.3.